The largest absolute Gasteiger partial charge is 0.497 e. The van der Waals surface area contributed by atoms with Crippen LogP contribution >= 0.6 is 0 Å². The number of rotatable bonds is 6. The molecule has 1 unspecified atom stereocenters. The Bertz CT molecular complexity index is 1130. The third-order valence-electron chi connectivity index (χ3n) is 5.30. The van der Waals surface area contributed by atoms with Crippen molar-refractivity contribution in [1.82, 2.24) is 14.5 Å². The molecule has 29 heavy (non-hydrogen) atoms. The van der Waals surface area contributed by atoms with Gasteiger partial charge in [0.2, 0.25) is 0 Å². The van der Waals surface area contributed by atoms with Crippen molar-refractivity contribution in [2.24, 2.45) is 0 Å². The van der Waals surface area contributed by atoms with Crippen LogP contribution in [0, 0.1) is 0 Å². The zero-order valence-corrected chi connectivity index (χ0v) is 17.5. The standard InChI is InChI=1S/C25H27N3O/c1-18(16-27(2)3)28-17-24(23-10-5-6-11-25(23)28)21-12-20(14-26-15-21)19-8-7-9-22(13-19)29-4/h5-15,17-18H,16H2,1-4H3. The molecule has 0 saturated heterocycles. The summed E-state index contributed by atoms with van der Waals surface area (Å²) in [7, 11) is 5.92. The first-order chi connectivity index (χ1) is 14.1. The predicted octanol–water partition coefficient (Wildman–Crippen LogP) is 5.50. The van der Waals surface area contributed by atoms with Crippen molar-refractivity contribution in [2.45, 2.75) is 13.0 Å². The van der Waals surface area contributed by atoms with E-state index in [1.165, 1.54) is 16.5 Å². The molecule has 0 aliphatic carbocycles. The maximum Gasteiger partial charge on any atom is 0.119 e. The number of fused-ring (bicyclic) bond motifs is 1. The van der Waals surface area contributed by atoms with Crippen LogP contribution in [0.1, 0.15) is 13.0 Å². The van der Waals surface area contributed by atoms with E-state index < -0.39 is 0 Å². The number of benzene rings is 2. The molecule has 4 heteroatoms. The molecule has 2 aromatic heterocycles. The lowest BCUT2D eigenvalue weighted by molar-refractivity contribution is 0.341. The summed E-state index contributed by atoms with van der Waals surface area (Å²) in [5, 5.41) is 1.25. The Balaban J connectivity index is 1.81. The van der Waals surface area contributed by atoms with Gasteiger partial charge in [0, 0.05) is 58.8 Å². The first-order valence-corrected chi connectivity index (χ1v) is 9.91. The molecule has 0 radical (unpaired) electrons. The lowest BCUT2D eigenvalue weighted by Crippen LogP contribution is -2.21. The van der Waals surface area contributed by atoms with Crippen LogP contribution in [-0.4, -0.2) is 42.2 Å². The third-order valence-corrected chi connectivity index (χ3v) is 5.30. The normalized spacial score (nSPS) is 12.4. The summed E-state index contributed by atoms with van der Waals surface area (Å²) < 4.78 is 7.76. The van der Waals surface area contributed by atoms with Gasteiger partial charge in [-0.3, -0.25) is 4.98 Å². The van der Waals surface area contributed by atoms with Gasteiger partial charge in [-0.2, -0.15) is 0 Å². The molecule has 2 heterocycles. The van der Waals surface area contributed by atoms with Crippen LogP contribution in [0.4, 0.5) is 0 Å². The van der Waals surface area contributed by atoms with Crippen molar-refractivity contribution in [3.8, 4) is 28.0 Å². The predicted molar refractivity (Wildman–Crippen MR) is 120 cm³/mol. The van der Waals surface area contributed by atoms with Crippen molar-refractivity contribution in [3.63, 3.8) is 0 Å². The van der Waals surface area contributed by atoms with Crippen LogP contribution < -0.4 is 4.74 Å². The fraction of sp³-hybridized carbons (Fsp3) is 0.240. The van der Waals surface area contributed by atoms with Crippen molar-refractivity contribution in [1.29, 1.82) is 0 Å². The molecule has 4 nitrogen and oxygen atoms in total. The number of hydrogen-bond acceptors (Lipinski definition) is 3. The molecule has 148 valence electrons. The average molecular weight is 386 g/mol. The van der Waals surface area contributed by atoms with E-state index in [4.69, 9.17) is 4.74 Å². The summed E-state index contributed by atoms with van der Waals surface area (Å²) in [5.41, 5.74) is 5.77. The van der Waals surface area contributed by atoms with Crippen molar-refractivity contribution >= 4 is 10.9 Å². The van der Waals surface area contributed by atoms with Gasteiger partial charge in [-0.15, -0.1) is 0 Å². The third kappa shape index (κ3) is 3.89. The van der Waals surface area contributed by atoms with E-state index in [1.807, 2.05) is 30.6 Å². The molecule has 0 spiro atoms. The molecule has 0 aliphatic rings. The van der Waals surface area contributed by atoms with Gasteiger partial charge in [-0.25, -0.2) is 0 Å². The number of nitrogens with zero attached hydrogens (tertiary/aromatic N) is 3. The van der Waals surface area contributed by atoms with Crippen LogP contribution in [-0.2, 0) is 0 Å². The maximum atomic E-state index is 5.38. The summed E-state index contributed by atoms with van der Waals surface area (Å²) in [4.78, 5) is 6.77. The summed E-state index contributed by atoms with van der Waals surface area (Å²) in [6.45, 7) is 3.25. The Kier molecular flexibility index (Phi) is 5.36. The molecule has 0 N–H and O–H groups in total. The van der Waals surface area contributed by atoms with E-state index in [-0.39, 0.29) is 0 Å². The minimum atomic E-state index is 0.373. The molecule has 2 aromatic carbocycles. The topological polar surface area (TPSA) is 30.3 Å². The van der Waals surface area contributed by atoms with E-state index in [0.717, 1.165) is 29.0 Å². The summed E-state index contributed by atoms with van der Waals surface area (Å²) in [5.74, 6) is 0.849. The van der Waals surface area contributed by atoms with Gasteiger partial charge in [-0.05, 0) is 50.8 Å². The van der Waals surface area contributed by atoms with Crippen LogP contribution in [0.5, 0.6) is 5.75 Å². The van der Waals surface area contributed by atoms with E-state index in [1.54, 1.807) is 7.11 Å². The van der Waals surface area contributed by atoms with Gasteiger partial charge in [0.1, 0.15) is 5.75 Å². The molecule has 4 rings (SSSR count). The van der Waals surface area contributed by atoms with E-state index >= 15 is 0 Å². The Morgan fingerprint density at radius 1 is 0.966 bits per heavy atom. The smallest absolute Gasteiger partial charge is 0.119 e. The van der Waals surface area contributed by atoms with Gasteiger partial charge in [0.25, 0.3) is 0 Å². The minimum absolute atomic E-state index is 0.373. The molecule has 4 aromatic rings. The molecule has 0 bridgehead atoms. The van der Waals surface area contributed by atoms with Crippen molar-refractivity contribution in [2.75, 3.05) is 27.7 Å². The van der Waals surface area contributed by atoms with Gasteiger partial charge < -0.3 is 14.2 Å². The number of hydrogen-bond donors (Lipinski definition) is 0. The number of likely N-dealkylation sites (N-methyl/N-ethyl adjacent to an activating group) is 1. The zero-order chi connectivity index (χ0) is 20.4. The quantitative estimate of drug-likeness (QED) is 0.439. The summed E-state index contributed by atoms with van der Waals surface area (Å²) >= 11 is 0. The number of pyridine rings is 1. The number of methoxy groups -OCH3 is 1. The fourth-order valence-electron chi connectivity index (χ4n) is 3.96. The van der Waals surface area contributed by atoms with Crippen LogP contribution in [0.25, 0.3) is 33.2 Å². The molecule has 0 aliphatic heterocycles. The Morgan fingerprint density at radius 3 is 2.55 bits per heavy atom. The van der Waals surface area contributed by atoms with E-state index in [9.17, 15) is 0 Å². The second-order valence-electron chi connectivity index (χ2n) is 7.77. The highest BCUT2D eigenvalue weighted by Crippen LogP contribution is 2.34. The highest BCUT2D eigenvalue weighted by Gasteiger charge is 2.15. The monoisotopic (exact) mass is 385 g/mol. The Morgan fingerprint density at radius 2 is 1.76 bits per heavy atom. The van der Waals surface area contributed by atoms with Gasteiger partial charge in [-0.1, -0.05) is 30.3 Å². The number of ether oxygens (including phenoxy) is 1. The lowest BCUT2D eigenvalue weighted by Gasteiger charge is -2.19. The van der Waals surface area contributed by atoms with Crippen molar-refractivity contribution in [3.05, 3.63) is 73.2 Å². The zero-order valence-electron chi connectivity index (χ0n) is 17.5. The second-order valence-corrected chi connectivity index (χ2v) is 7.77. The number of aromatic nitrogens is 2. The minimum Gasteiger partial charge on any atom is -0.497 e. The molecule has 0 saturated carbocycles. The lowest BCUT2D eigenvalue weighted by atomic mass is 10.0. The highest BCUT2D eigenvalue weighted by molar-refractivity contribution is 5.96. The first-order valence-electron chi connectivity index (χ1n) is 9.91. The SMILES string of the molecule is COc1cccc(-c2cncc(-c3cn(C(C)CN(C)C)c4ccccc34)c2)c1. The van der Waals surface area contributed by atoms with Gasteiger partial charge >= 0.3 is 0 Å². The molecule has 0 amide bonds. The van der Waals surface area contributed by atoms with Gasteiger partial charge in [0.05, 0.1) is 7.11 Å². The maximum absolute atomic E-state index is 5.38. The summed E-state index contributed by atoms with van der Waals surface area (Å²) in [6, 6.07) is 19.3. The molecular formula is C25H27N3O. The Labute approximate surface area is 172 Å². The van der Waals surface area contributed by atoms with Gasteiger partial charge in [0.15, 0.2) is 0 Å². The number of para-hydroxylation sites is 1. The highest BCUT2D eigenvalue weighted by atomic mass is 16.5. The van der Waals surface area contributed by atoms with E-state index in [2.05, 4.69) is 78.1 Å². The van der Waals surface area contributed by atoms with E-state index in [0.29, 0.717) is 6.04 Å². The molecular weight excluding hydrogens is 358 g/mol. The molecule has 1 atom stereocenters. The van der Waals surface area contributed by atoms with Crippen molar-refractivity contribution < 1.29 is 4.74 Å². The van der Waals surface area contributed by atoms with Crippen LogP contribution in [0.2, 0.25) is 0 Å². The average Bonchev–Trinajstić information content (AvgIpc) is 3.13. The fourth-order valence-corrected chi connectivity index (χ4v) is 3.96. The first kappa shape index (κ1) is 19.2. The van der Waals surface area contributed by atoms with Crippen LogP contribution in [0.3, 0.4) is 0 Å². The summed E-state index contributed by atoms with van der Waals surface area (Å²) in [6.07, 6.45) is 6.13. The Hall–Kier alpha value is -3.11. The van der Waals surface area contributed by atoms with Crippen LogP contribution in [0.15, 0.2) is 73.2 Å². The second kappa shape index (κ2) is 8.10. The molecule has 0 fully saturated rings.